The second kappa shape index (κ2) is 5.82. The van der Waals surface area contributed by atoms with Crippen molar-refractivity contribution in [2.45, 2.75) is 13.3 Å². The Morgan fingerprint density at radius 1 is 1.28 bits per heavy atom. The zero-order chi connectivity index (χ0) is 13.0. The van der Waals surface area contributed by atoms with E-state index in [-0.39, 0.29) is 0 Å². The summed E-state index contributed by atoms with van der Waals surface area (Å²) >= 11 is 3.45. The number of hydrogen-bond acceptors (Lipinski definition) is 4. The van der Waals surface area contributed by atoms with Crippen LogP contribution in [0.2, 0.25) is 0 Å². The van der Waals surface area contributed by atoms with E-state index >= 15 is 0 Å². The van der Waals surface area contributed by atoms with Gasteiger partial charge < -0.3 is 10.6 Å². The lowest BCUT2D eigenvalue weighted by molar-refractivity contribution is 1.12. The van der Waals surface area contributed by atoms with Gasteiger partial charge in [0.2, 0.25) is 5.95 Å². The highest BCUT2D eigenvalue weighted by Crippen LogP contribution is 2.26. The van der Waals surface area contributed by atoms with Crippen molar-refractivity contribution < 1.29 is 0 Å². The first-order valence-corrected chi connectivity index (χ1v) is 6.59. The molecule has 5 heteroatoms. The summed E-state index contributed by atoms with van der Waals surface area (Å²) in [6.45, 7) is 2.13. The average molecular weight is 307 g/mol. The van der Waals surface area contributed by atoms with Crippen molar-refractivity contribution in [2.24, 2.45) is 0 Å². The van der Waals surface area contributed by atoms with Crippen molar-refractivity contribution in [3.63, 3.8) is 0 Å². The summed E-state index contributed by atoms with van der Waals surface area (Å²) in [7, 11) is 1.80. The van der Waals surface area contributed by atoms with Gasteiger partial charge in [0.15, 0.2) is 0 Å². The molecule has 0 fully saturated rings. The van der Waals surface area contributed by atoms with Gasteiger partial charge >= 0.3 is 0 Å². The molecule has 0 bridgehead atoms. The molecule has 1 heterocycles. The van der Waals surface area contributed by atoms with E-state index in [2.05, 4.69) is 49.5 Å². The van der Waals surface area contributed by atoms with Crippen LogP contribution in [-0.4, -0.2) is 17.0 Å². The van der Waals surface area contributed by atoms with Crippen molar-refractivity contribution in [3.05, 3.63) is 40.5 Å². The maximum atomic E-state index is 4.38. The van der Waals surface area contributed by atoms with Gasteiger partial charge in [0, 0.05) is 18.9 Å². The van der Waals surface area contributed by atoms with Crippen LogP contribution in [0.3, 0.4) is 0 Å². The largest absolute Gasteiger partial charge is 0.357 e. The highest BCUT2D eigenvalue weighted by molar-refractivity contribution is 9.10. The van der Waals surface area contributed by atoms with Crippen LogP contribution in [0.5, 0.6) is 0 Å². The van der Waals surface area contributed by atoms with E-state index in [1.54, 1.807) is 13.2 Å². The van der Waals surface area contributed by atoms with Crippen molar-refractivity contribution in [1.29, 1.82) is 0 Å². The number of anilines is 3. The molecule has 1 aromatic heterocycles. The number of rotatable bonds is 4. The summed E-state index contributed by atoms with van der Waals surface area (Å²) in [5.41, 5.74) is 2.33. The molecule has 94 valence electrons. The number of benzene rings is 1. The second-order valence-corrected chi connectivity index (χ2v) is 4.63. The van der Waals surface area contributed by atoms with Crippen LogP contribution in [0.1, 0.15) is 12.5 Å². The molecule has 0 radical (unpaired) electrons. The van der Waals surface area contributed by atoms with E-state index in [4.69, 9.17) is 0 Å². The summed E-state index contributed by atoms with van der Waals surface area (Å²) in [5, 5.41) is 6.25. The molecular weight excluding hydrogens is 292 g/mol. The van der Waals surface area contributed by atoms with Crippen molar-refractivity contribution in [3.8, 4) is 0 Å². The van der Waals surface area contributed by atoms with Gasteiger partial charge in [-0.3, -0.25) is 0 Å². The fraction of sp³-hybridized carbons (Fsp3) is 0.231. The molecule has 0 aliphatic carbocycles. The van der Waals surface area contributed by atoms with Gasteiger partial charge in [-0.15, -0.1) is 0 Å². The van der Waals surface area contributed by atoms with Crippen LogP contribution < -0.4 is 10.6 Å². The number of nitrogens with one attached hydrogen (secondary N) is 2. The summed E-state index contributed by atoms with van der Waals surface area (Å²) in [6.07, 6.45) is 2.71. The lowest BCUT2D eigenvalue weighted by atomic mass is 10.1. The molecule has 0 aliphatic rings. The fourth-order valence-corrected chi connectivity index (χ4v) is 1.94. The van der Waals surface area contributed by atoms with E-state index in [9.17, 15) is 0 Å². The highest BCUT2D eigenvalue weighted by atomic mass is 79.9. The summed E-state index contributed by atoms with van der Waals surface area (Å²) in [6, 6.07) is 8.20. The highest BCUT2D eigenvalue weighted by Gasteiger charge is 2.06. The Balaban J connectivity index is 2.33. The molecule has 0 saturated carbocycles. The molecule has 4 nitrogen and oxygen atoms in total. The van der Waals surface area contributed by atoms with Gasteiger partial charge in [0.25, 0.3) is 0 Å². The lowest BCUT2D eigenvalue weighted by Crippen LogP contribution is -2.02. The number of aromatic nitrogens is 2. The first-order chi connectivity index (χ1) is 8.74. The van der Waals surface area contributed by atoms with Crippen LogP contribution >= 0.6 is 15.9 Å². The predicted octanol–water partition coefficient (Wildman–Crippen LogP) is 3.59. The monoisotopic (exact) mass is 306 g/mol. The average Bonchev–Trinajstić information content (AvgIpc) is 2.42. The predicted molar refractivity (Wildman–Crippen MR) is 78.4 cm³/mol. The lowest BCUT2D eigenvalue weighted by Gasteiger charge is -2.12. The number of hydrogen-bond donors (Lipinski definition) is 2. The molecule has 0 saturated heterocycles. The Morgan fingerprint density at radius 3 is 2.78 bits per heavy atom. The first-order valence-electron chi connectivity index (χ1n) is 5.79. The zero-order valence-electron chi connectivity index (χ0n) is 10.4. The quantitative estimate of drug-likeness (QED) is 0.906. The number of para-hydroxylation sites is 1. The summed E-state index contributed by atoms with van der Waals surface area (Å²) < 4.78 is 0.840. The maximum Gasteiger partial charge on any atom is 0.224 e. The number of halogens is 1. The molecule has 2 rings (SSSR count). The van der Waals surface area contributed by atoms with Crippen molar-refractivity contribution >= 4 is 33.4 Å². The molecule has 0 spiro atoms. The van der Waals surface area contributed by atoms with E-state index in [0.29, 0.717) is 5.95 Å². The van der Waals surface area contributed by atoms with Crippen molar-refractivity contribution in [2.75, 3.05) is 17.7 Å². The Hall–Kier alpha value is -1.62. The fourth-order valence-electron chi connectivity index (χ4n) is 1.65. The molecular formula is C13H15BrN4. The molecule has 18 heavy (non-hydrogen) atoms. The van der Waals surface area contributed by atoms with Crippen molar-refractivity contribution in [1.82, 2.24) is 9.97 Å². The third-order valence-electron chi connectivity index (χ3n) is 2.62. The molecule has 2 N–H and O–H groups in total. The van der Waals surface area contributed by atoms with Gasteiger partial charge in [-0.05, 0) is 34.0 Å². The van der Waals surface area contributed by atoms with E-state index in [1.807, 2.05) is 18.2 Å². The minimum Gasteiger partial charge on any atom is -0.357 e. The van der Waals surface area contributed by atoms with Crippen LogP contribution in [0.15, 0.2) is 34.9 Å². The van der Waals surface area contributed by atoms with E-state index in [1.165, 1.54) is 5.56 Å². The smallest absolute Gasteiger partial charge is 0.224 e. The van der Waals surface area contributed by atoms with Gasteiger partial charge in [-0.2, -0.15) is 4.98 Å². The van der Waals surface area contributed by atoms with Crippen LogP contribution in [0, 0.1) is 0 Å². The maximum absolute atomic E-state index is 4.38. The Morgan fingerprint density at radius 2 is 2.06 bits per heavy atom. The molecule has 2 aromatic rings. The summed E-state index contributed by atoms with van der Waals surface area (Å²) in [4.78, 5) is 8.51. The number of aryl methyl sites for hydroxylation is 1. The van der Waals surface area contributed by atoms with Crippen LogP contribution in [-0.2, 0) is 6.42 Å². The Labute approximate surface area is 115 Å². The second-order valence-electron chi connectivity index (χ2n) is 3.78. The molecule has 0 aliphatic heterocycles. The van der Waals surface area contributed by atoms with Gasteiger partial charge in [-0.1, -0.05) is 25.1 Å². The molecule has 0 amide bonds. The minimum absolute atomic E-state index is 0.592. The Kier molecular flexibility index (Phi) is 4.15. The molecule has 0 atom stereocenters. The summed E-state index contributed by atoms with van der Waals surface area (Å²) in [5.74, 6) is 1.35. The van der Waals surface area contributed by atoms with Gasteiger partial charge in [0.1, 0.15) is 5.82 Å². The topological polar surface area (TPSA) is 49.8 Å². The zero-order valence-corrected chi connectivity index (χ0v) is 12.0. The van der Waals surface area contributed by atoms with E-state index in [0.717, 1.165) is 22.4 Å². The third kappa shape index (κ3) is 2.79. The van der Waals surface area contributed by atoms with Gasteiger partial charge in [0.05, 0.1) is 4.47 Å². The first kappa shape index (κ1) is 12.8. The molecule has 1 aromatic carbocycles. The normalized spacial score (nSPS) is 10.2. The Bertz CT molecular complexity index is 542. The standard InChI is InChI=1S/C13H15BrN4/c1-3-9-6-4-5-7-11(9)17-12-10(14)8-16-13(15-2)18-12/h4-8H,3H2,1-2H3,(H2,15,16,17,18). The van der Waals surface area contributed by atoms with E-state index < -0.39 is 0 Å². The van der Waals surface area contributed by atoms with Crippen LogP contribution in [0.4, 0.5) is 17.5 Å². The third-order valence-corrected chi connectivity index (χ3v) is 3.20. The number of nitrogens with zero attached hydrogens (tertiary/aromatic N) is 2. The van der Waals surface area contributed by atoms with Gasteiger partial charge in [-0.25, -0.2) is 4.98 Å². The molecule has 0 unspecified atom stereocenters. The minimum atomic E-state index is 0.592. The SMILES string of the molecule is CCc1ccccc1Nc1nc(NC)ncc1Br. The van der Waals surface area contributed by atoms with Crippen LogP contribution in [0.25, 0.3) is 0 Å².